The fraction of sp³-hybridized carbons (Fsp3) is 0.455. The lowest BCUT2D eigenvalue weighted by atomic mass is 10.1. The number of nitrogens with one attached hydrogen (secondary N) is 1. The van der Waals surface area contributed by atoms with E-state index in [-0.39, 0.29) is 5.69 Å². The fourth-order valence-electron chi connectivity index (χ4n) is 2.01. The summed E-state index contributed by atoms with van der Waals surface area (Å²) in [4.78, 5) is 1.76. The molecule has 1 N–H and O–H groups in total. The molecule has 1 aromatic carbocycles. The lowest BCUT2D eigenvalue weighted by molar-refractivity contribution is -0.137. The minimum atomic E-state index is -4.29. The van der Waals surface area contributed by atoms with Crippen LogP contribution in [0.4, 0.5) is 24.5 Å². The summed E-state index contributed by atoms with van der Waals surface area (Å²) in [6, 6.07) is 4.26. The zero-order valence-corrected chi connectivity index (χ0v) is 8.93. The first-order valence-electron chi connectivity index (χ1n) is 5.23. The Morgan fingerprint density at radius 2 is 2.12 bits per heavy atom. The second-order valence-corrected chi connectivity index (χ2v) is 3.71. The van der Waals surface area contributed by atoms with E-state index in [2.05, 4.69) is 5.32 Å². The van der Waals surface area contributed by atoms with Crippen molar-refractivity contribution in [3.05, 3.63) is 23.8 Å². The van der Waals surface area contributed by atoms with Crippen LogP contribution in [-0.2, 0) is 6.18 Å². The summed E-state index contributed by atoms with van der Waals surface area (Å²) in [5.74, 6) is 0. The predicted molar refractivity (Wildman–Crippen MR) is 57.8 cm³/mol. The first kappa shape index (κ1) is 11.1. The van der Waals surface area contributed by atoms with Crippen LogP contribution in [0.25, 0.3) is 0 Å². The molecule has 1 aliphatic heterocycles. The van der Waals surface area contributed by atoms with Crippen molar-refractivity contribution in [1.29, 1.82) is 0 Å². The first-order chi connectivity index (χ1) is 7.54. The monoisotopic (exact) mass is 230 g/mol. The maximum atomic E-state index is 12.8. The Kier molecular flexibility index (Phi) is 2.69. The molecule has 0 aliphatic carbocycles. The molecule has 0 aromatic heterocycles. The van der Waals surface area contributed by atoms with Gasteiger partial charge in [0, 0.05) is 19.6 Å². The summed E-state index contributed by atoms with van der Waals surface area (Å²) in [5, 5.41) is 3.00. The van der Waals surface area contributed by atoms with Crippen molar-refractivity contribution < 1.29 is 13.2 Å². The van der Waals surface area contributed by atoms with Crippen LogP contribution < -0.4 is 10.2 Å². The van der Waals surface area contributed by atoms with E-state index in [9.17, 15) is 13.2 Å². The van der Waals surface area contributed by atoms with Gasteiger partial charge in [0.2, 0.25) is 0 Å². The van der Waals surface area contributed by atoms with Crippen LogP contribution in [0.5, 0.6) is 0 Å². The molecule has 0 bridgehead atoms. The van der Waals surface area contributed by atoms with E-state index in [1.54, 1.807) is 11.0 Å². The molecule has 0 saturated carbocycles. The van der Waals surface area contributed by atoms with Gasteiger partial charge in [0.1, 0.15) is 0 Å². The highest BCUT2D eigenvalue weighted by Crippen LogP contribution is 2.41. The number of hydrogen-bond donors (Lipinski definition) is 1. The third-order valence-corrected chi connectivity index (χ3v) is 2.74. The molecule has 1 aromatic rings. The Hall–Kier alpha value is -1.39. The number of benzene rings is 1. The molecule has 0 radical (unpaired) electrons. The number of likely N-dealkylation sites (N-methyl/N-ethyl adjacent to an activating group) is 1. The molecule has 0 fully saturated rings. The average Bonchev–Trinajstić information content (AvgIpc) is 2.26. The van der Waals surface area contributed by atoms with Crippen LogP contribution in [0, 0.1) is 0 Å². The number of alkyl halides is 3. The normalized spacial score (nSPS) is 15.6. The smallest absolute Gasteiger partial charge is 0.382 e. The molecule has 0 spiro atoms. The van der Waals surface area contributed by atoms with E-state index >= 15 is 0 Å². The standard InChI is InChI=1S/C11H13F3N2/c1-2-16-7-6-15-9-5-3-4-8(10(9)16)11(12,13)14/h3-5,15H,2,6-7H2,1H3. The Morgan fingerprint density at radius 3 is 2.75 bits per heavy atom. The van der Waals surface area contributed by atoms with Gasteiger partial charge in [-0.1, -0.05) is 6.07 Å². The number of anilines is 2. The van der Waals surface area contributed by atoms with E-state index in [0.29, 0.717) is 25.3 Å². The zero-order valence-electron chi connectivity index (χ0n) is 8.93. The van der Waals surface area contributed by atoms with Crippen LogP contribution in [0.1, 0.15) is 12.5 Å². The summed E-state index contributed by atoms with van der Waals surface area (Å²) in [5.41, 5.74) is 0.297. The highest BCUT2D eigenvalue weighted by Gasteiger charge is 2.36. The lowest BCUT2D eigenvalue weighted by Crippen LogP contribution is -2.35. The Morgan fingerprint density at radius 1 is 1.38 bits per heavy atom. The second kappa shape index (κ2) is 3.88. The summed E-state index contributed by atoms with van der Waals surface area (Å²) in [6.45, 7) is 3.74. The first-order valence-corrected chi connectivity index (χ1v) is 5.23. The van der Waals surface area contributed by atoms with Gasteiger partial charge in [-0.2, -0.15) is 13.2 Å². The van der Waals surface area contributed by atoms with Crippen LogP contribution in [0.3, 0.4) is 0 Å². The summed E-state index contributed by atoms with van der Waals surface area (Å²) < 4.78 is 38.5. The molecule has 5 heteroatoms. The summed E-state index contributed by atoms with van der Waals surface area (Å²) in [6.07, 6.45) is -4.29. The minimum absolute atomic E-state index is 0.281. The van der Waals surface area contributed by atoms with Gasteiger partial charge in [0.15, 0.2) is 0 Å². The van der Waals surface area contributed by atoms with Gasteiger partial charge in [0.05, 0.1) is 16.9 Å². The molecule has 0 saturated heterocycles. The molecular weight excluding hydrogens is 217 g/mol. The van der Waals surface area contributed by atoms with Crippen molar-refractivity contribution in [2.24, 2.45) is 0 Å². The molecule has 88 valence electrons. The molecule has 1 aliphatic rings. The van der Waals surface area contributed by atoms with Gasteiger partial charge in [-0.15, -0.1) is 0 Å². The zero-order chi connectivity index (χ0) is 11.8. The molecule has 0 atom stereocenters. The van der Waals surface area contributed by atoms with Crippen LogP contribution in [-0.4, -0.2) is 19.6 Å². The van der Waals surface area contributed by atoms with Gasteiger partial charge in [-0.25, -0.2) is 0 Å². The van der Waals surface area contributed by atoms with E-state index in [4.69, 9.17) is 0 Å². The van der Waals surface area contributed by atoms with Crippen molar-refractivity contribution in [2.75, 3.05) is 29.9 Å². The molecule has 2 nitrogen and oxygen atoms in total. The molecule has 0 amide bonds. The SMILES string of the molecule is CCN1CCNc2cccc(C(F)(F)F)c21. The lowest BCUT2D eigenvalue weighted by Gasteiger charge is -2.33. The maximum absolute atomic E-state index is 12.8. The van der Waals surface area contributed by atoms with Crippen LogP contribution >= 0.6 is 0 Å². The van der Waals surface area contributed by atoms with E-state index in [1.165, 1.54) is 6.07 Å². The quantitative estimate of drug-likeness (QED) is 0.797. The number of hydrogen-bond acceptors (Lipinski definition) is 2. The second-order valence-electron chi connectivity index (χ2n) is 3.71. The van der Waals surface area contributed by atoms with Gasteiger partial charge < -0.3 is 10.2 Å². The van der Waals surface area contributed by atoms with Crippen molar-refractivity contribution in [3.8, 4) is 0 Å². The Bertz CT molecular complexity index is 387. The fourth-order valence-corrected chi connectivity index (χ4v) is 2.01. The topological polar surface area (TPSA) is 15.3 Å². The van der Waals surface area contributed by atoms with Crippen LogP contribution in [0.2, 0.25) is 0 Å². The van der Waals surface area contributed by atoms with E-state index in [1.807, 2.05) is 6.92 Å². The van der Waals surface area contributed by atoms with Crippen LogP contribution in [0.15, 0.2) is 18.2 Å². The van der Waals surface area contributed by atoms with Crippen molar-refractivity contribution >= 4 is 11.4 Å². The van der Waals surface area contributed by atoms with Crippen molar-refractivity contribution in [2.45, 2.75) is 13.1 Å². The highest BCUT2D eigenvalue weighted by atomic mass is 19.4. The highest BCUT2D eigenvalue weighted by molar-refractivity contribution is 5.76. The van der Waals surface area contributed by atoms with Crippen molar-refractivity contribution in [3.63, 3.8) is 0 Å². The largest absolute Gasteiger partial charge is 0.418 e. The van der Waals surface area contributed by atoms with Gasteiger partial charge in [0.25, 0.3) is 0 Å². The molecule has 16 heavy (non-hydrogen) atoms. The molecule has 2 rings (SSSR count). The van der Waals surface area contributed by atoms with E-state index < -0.39 is 11.7 Å². The maximum Gasteiger partial charge on any atom is 0.418 e. The number of halogens is 3. The molecular formula is C11H13F3N2. The third kappa shape index (κ3) is 1.81. The summed E-state index contributed by atoms with van der Waals surface area (Å²) >= 11 is 0. The van der Waals surface area contributed by atoms with Gasteiger partial charge >= 0.3 is 6.18 Å². The average molecular weight is 230 g/mol. The Labute approximate surface area is 92.1 Å². The third-order valence-electron chi connectivity index (χ3n) is 2.74. The van der Waals surface area contributed by atoms with Gasteiger partial charge in [-0.05, 0) is 19.1 Å². The van der Waals surface area contributed by atoms with Gasteiger partial charge in [-0.3, -0.25) is 0 Å². The predicted octanol–water partition coefficient (Wildman–Crippen LogP) is 2.96. The minimum Gasteiger partial charge on any atom is -0.382 e. The van der Waals surface area contributed by atoms with E-state index in [0.717, 1.165) is 6.07 Å². The number of para-hydroxylation sites is 1. The molecule has 0 unspecified atom stereocenters. The van der Waals surface area contributed by atoms with Crippen molar-refractivity contribution in [1.82, 2.24) is 0 Å². The summed E-state index contributed by atoms with van der Waals surface area (Å²) in [7, 11) is 0. The number of fused-ring (bicyclic) bond motifs is 1. The molecule has 1 heterocycles. The Balaban J connectivity index is 2.55. The number of rotatable bonds is 1. The number of nitrogens with zero attached hydrogens (tertiary/aromatic N) is 1.